The molecule has 1 saturated heterocycles. The summed E-state index contributed by atoms with van der Waals surface area (Å²) in [6, 6.07) is 15.3. The van der Waals surface area contributed by atoms with Crippen LogP contribution in [0.1, 0.15) is 33.6 Å². The van der Waals surface area contributed by atoms with Gasteiger partial charge in [-0.1, -0.05) is 30.3 Å². The van der Waals surface area contributed by atoms with E-state index in [1.165, 1.54) is 10.3 Å². The maximum Gasteiger partial charge on any atom is 0.261 e. The molecule has 6 rings (SSSR count). The van der Waals surface area contributed by atoms with E-state index in [1.54, 1.807) is 24.3 Å². The van der Waals surface area contributed by atoms with Crippen molar-refractivity contribution in [2.75, 3.05) is 44.2 Å². The van der Waals surface area contributed by atoms with Crippen molar-refractivity contribution in [2.45, 2.75) is 12.8 Å². The van der Waals surface area contributed by atoms with E-state index in [2.05, 4.69) is 36.9 Å². The highest BCUT2D eigenvalue weighted by Crippen LogP contribution is 2.28. The third-order valence-corrected chi connectivity index (χ3v) is 7.18. The monoisotopic (exact) mass is 480 g/mol. The van der Waals surface area contributed by atoms with Crippen LogP contribution in [0.3, 0.4) is 0 Å². The second-order valence-electron chi connectivity index (χ2n) is 9.36. The summed E-state index contributed by atoms with van der Waals surface area (Å²) < 4.78 is 0. The summed E-state index contributed by atoms with van der Waals surface area (Å²) in [5, 5.41) is 1.17. The molecule has 4 aromatic rings. The molecule has 8 nitrogen and oxygen atoms in total. The van der Waals surface area contributed by atoms with Gasteiger partial charge in [-0.05, 0) is 37.6 Å². The second kappa shape index (κ2) is 9.54. The molecule has 0 bridgehead atoms. The van der Waals surface area contributed by atoms with Gasteiger partial charge in [-0.3, -0.25) is 19.4 Å². The van der Waals surface area contributed by atoms with Crippen LogP contribution in [-0.2, 0) is 0 Å². The zero-order valence-electron chi connectivity index (χ0n) is 20.1. The number of aromatic nitrogens is 3. The van der Waals surface area contributed by atoms with Gasteiger partial charge in [0.05, 0.1) is 11.1 Å². The molecule has 1 fully saturated rings. The smallest absolute Gasteiger partial charge is 0.261 e. The van der Waals surface area contributed by atoms with Crippen LogP contribution < -0.4 is 4.90 Å². The number of aromatic amines is 1. The fourth-order valence-corrected chi connectivity index (χ4v) is 5.15. The number of piperazine rings is 1. The summed E-state index contributed by atoms with van der Waals surface area (Å²) in [6.45, 7) is 5.08. The Kier molecular flexibility index (Phi) is 5.95. The number of rotatable bonds is 7. The molecule has 2 amide bonds. The second-order valence-corrected chi connectivity index (χ2v) is 9.36. The number of nitrogens with zero attached hydrogens (tertiary/aromatic N) is 5. The Morgan fingerprint density at radius 3 is 2.11 bits per heavy atom. The van der Waals surface area contributed by atoms with Crippen LogP contribution in [-0.4, -0.2) is 75.8 Å². The summed E-state index contributed by atoms with van der Waals surface area (Å²) >= 11 is 0. The first-order chi connectivity index (χ1) is 17.7. The van der Waals surface area contributed by atoms with Crippen molar-refractivity contribution in [3.63, 3.8) is 0 Å². The van der Waals surface area contributed by atoms with Crippen molar-refractivity contribution in [1.82, 2.24) is 24.8 Å². The number of amides is 2. The van der Waals surface area contributed by atoms with E-state index in [9.17, 15) is 9.59 Å². The van der Waals surface area contributed by atoms with Gasteiger partial charge in [0.1, 0.15) is 0 Å². The molecular formula is C28H28N6O2. The number of fused-ring (bicyclic) bond motifs is 2. The minimum atomic E-state index is -0.167. The first-order valence-corrected chi connectivity index (χ1v) is 12.5. The van der Waals surface area contributed by atoms with Gasteiger partial charge < -0.3 is 9.88 Å². The van der Waals surface area contributed by atoms with Gasteiger partial charge in [0.2, 0.25) is 5.95 Å². The maximum absolute atomic E-state index is 12.5. The van der Waals surface area contributed by atoms with E-state index < -0.39 is 0 Å². The minimum absolute atomic E-state index is 0.167. The predicted octanol–water partition coefficient (Wildman–Crippen LogP) is 3.82. The largest absolute Gasteiger partial charge is 0.361 e. The number of nitrogens with one attached hydrogen (secondary N) is 1. The zero-order valence-corrected chi connectivity index (χ0v) is 20.1. The van der Waals surface area contributed by atoms with Crippen molar-refractivity contribution in [3.8, 4) is 11.1 Å². The van der Waals surface area contributed by atoms with Crippen molar-refractivity contribution in [3.05, 3.63) is 78.2 Å². The van der Waals surface area contributed by atoms with Crippen LogP contribution >= 0.6 is 0 Å². The van der Waals surface area contributed by atoms with Crippen LogP contribution in [0.5, 0.6) is 0 Å². The molecule has 0 radical (unpaired) electrons. The summed E-state index contributed by atoms with van der Waals surface area (Å²) in [7, 11) is 0. The molecule has 0 saturated carbocycles. The van der Waals surface area contributed by atoms with Gasteiger partial charge in [-0.15, -0.1) is 0 Å². The Morgan fingerprint density at radius 2 is 1.39 bits per heavy atom. The van der Waals surface area contributed by atoms with Gasteiger partial charge in [0.15, 0.2) is 0 Å². The van der Waals surface area contributed by atoms with Gasteiger partial charge in [0, 0.05) is 73.3 Å². The zero-order chi connectivity index (χ0) is 24.5. The number of carbonyl (C=O) groups is 2. The Balaban J connectivity index is 0.972. The van der Waals surface area contributed by atoms with Crippen molar-refractivity contribution in [1.29, 1.82) is 0 Å². The Bertz CT molecular complexity index is 1370. The molecule has 0 spiro atoms. The predicted molar refractivity (Wildman–Crippen MR) is 139 cm³/mol. The minimum Gasteiger partial charge on any atom is -0.361 e. The van der Waals surface area contributed by atoms with E-state index in [4.69, 9.17) is 0 Å². The molecule has 4 heterocycles. The molecular weight excluding hydrogens is 452 g/mol. The van der Waals surface area contributed by atoms with Gasteiger partial charge in [0.25, 0.3) is 11.8 Å². The molecule has 1 N–H and O–H groups in total. The number of benzene rings is 2. The lowest BCUT2D eigenvalue weighted by molar-refractivity contribution is 0.0650. The van der Waals surface area contributed by atoms with E-state index in [-0.39, 0.29) is 11.8 Å². The number of hydrogen-bond acceptors (Lipinski definition) is 6. The highest BCUT2D eigenvalue weighted by atomic mass is 16.2. The average Bonchev–Trinajstić information content (AvgIpc) is 3.47. The number of hydrogen-bond donors (Lipinski definition) is 1. The highest BCUT2D eigenvalue weighted by Gasteiger charge is 2.34. The van der Waals surface area contributed by atoms with Crippen LogP contribution in [0.2, 0.25) is 0 Å². The van der Waals surface area contributed by atoms with Crippen molar-refractivity contribution < 1.29 is 9.59 Å². The summed E-state index contributed by atoms with van der Waals surface area (Å²) in [4.78, 5) is 43.7. The number of H-pyrrole nitrogens is 1. The van der Waals surface area contributed by atoms with E-state index in [1.807, 2.05) is 30.7 Å². The average molecular weight is 481 g/mol. The molecule has 0 atom stereocenters. The van der Waals surface area contributed by atoms with Gasteiger partial charge in [-0.25, -0.2) is 9.97 Å². The molecule has 36 heavy (non-hydrogen) atoms. The third-order valence-electron chi connectivity index (χ3n) is 7.18. The molecule has 2 aromatic heterocycles. The molecule has 2 aliphatic rings. The Morgan fingerprint density at radius 1 is 0.750 bits per heavy atom. The lowest BCUT2D eigenvalue weighted by Crippen LogP contribution is -2.47. The maximum atomic E-state index is 12.5. The number of carbonyl (C=O) groups excluding carboxylic acids is 2. The molecule has 182 valence electrons. The van der Waals surface area contributed by atoms with Crippen molar-refractivity contribution in [2.24, 2.45) is 0 Å². The molecule has 0 unspecified atom stereocenters. The van der Waals surface area contributed by atoms with Crippen LogP contribution in [0.15, 0.2) is 67.1 Å². The molecule has 0 aliphatic carbocycles. The topological polar surface area (TPSA) is 85.4 Å². The summed E-state index contributed by atoms with van der Waals surface area (Å²) in [6.07, 6.45) is 7.58. The van der Waals surface area contributed by atoms with Crippen LogP contribution in [0, 0.1) is 0 Å². The summed E-state index contributed by atoms with van der Waals surface area (Å²) in [5.74, 6) is 0.434. The number of anilines is 1. The summed E-state index contributed by atoms with van der Waals surface area (Å²) in [5.41, 5.74) is 4.28. The lowest BCUT2D eigenvalue weighted by Gasteiger charge is -2.34. The van der Waals surface area contributed by atoms with E-state index >= 15 is 0 Å². The fraction of sp³-hybridized carbons (Fsp3) is 0.286. The van der Waals surface area contributed by atoms with Crippen LogP contribution in [0.4, 0.5) is 5.95 Å². The first kappa shape index (κ1) is 22.4. The molecule has 2 aliphatic heterocycles. The van der Waals surface area contributed by atoms with E-state index in [0.29, 0.717) is 17.7 Å². The SMILES string of the molecule is O=C1c2ccccc2C(=O)N1CCCCN1CCN(c2ncc(-c3c[nH]c4ccccc34)cn2)CC1. The first-order valence-electron chi connectivity index (χ1n) is 12.5. The van der Waals surface area contributed by atoms with Gasteiger partial charge >= 0.3 is 0 Å². The quantitative estimate of drug-likeness (QED) is 0.320. The Hall–Kier alpha value is -4.04. The lowest BCUT2D eigenvalue weighted by atomic mass is 10.1. The van der Waals surface area contributed by atoms with Gasteiger partial charge in [-0.2, -0.15) is 0 Å². The number of unbranched alkanes of at least 4 members (excludes halogenated alkanes) is 1. The van der Waals surface area contributed by atoms with E-state index in [0.717, 1.165) is 68.2 Å². The Labute approximate surface area is 209 Å². The normalized spacial score (nSPS) is 16.2. The number of imide groups is 1. The highest BCUT2D eigenvalue weighted by molar-refractivity contribution is 6.21. The van der Waals surface area contributed by atoms with Crippen molar-refractivity contribution >= 4 is 28.7 Å². The number of para-hydroxylation sites is 1. The fourth-order valence-electron chi connectivity index (χ4n) is 5.15. The van der Waals surface area contributed by atoms with Crippen LogP contribution in [0.25, 0.3) is 22.0 Å². The third kappa shape index (κ3) is 4.13. The standard InChI is InChI=1S/C28H28N6O2/c35-26-22-8-1-2-9-23(22)27(36)34(26)12-6-5-11-32-13-15-33(16-14-32)28-30-17-20(18-31-28)24-19-29-25-10-4-3-7-21(24)25/h1-4,7-10,17-19,29H,5-6,11-16H2. The molecule has 8 heteroatoms. The molecule has 2 aromatic carbocycles.